The van der Waals surface area contributed by atoms with Crippen LogP contribution in [0.2, 0.25) is 0 Å². The summed E-state index contributed by atoms with van der Waals surface area (Å²) >= 11 is 0. The topological polar surface area (TPSA) is 47.8 Å². The zero-order chi connectivity index (χ0) is 11.5. The SMILES string of the molecule is Cn1c(CCCC=O)nnc1C(C)(C)C. The van der Waals surface area contributed by atoms with Gasteiger partial charge < -0.3 is 9.36 Å². The fourth-order valence-corrected chi connectivity index (χ4v) is 1.58. The van der Waals surface area contributed by atoms with Crippen LogP contribution in [-0.4, -0.2) is 21.1 Å². The van der Waals surface area contributed by atoms with Crippen molar-refractivity contribution >= 4 is 6.29 Å². The number of aldehydes is 1. The molecule has 0 bridgehead atoms. The lowest BCUT2D eigenvalue weighted by molar-refractivity contribution is -0.107. The van der Waals surface area contributed by atoms with Gasteiger partial charge in [-0.25, -0.2) is 0 Å². The first-order valence-corrected chi connectivity index (χ1v) is 5.29. The second-order valence-corrected chi connectivity index (χ2v) is 4.81. The van der Waals surface area contributed by atoms with Gasteiger partial charge >= 0.3 is 0 Å². The van der Waals surface area contributed by atoms with Crippen molar-refractivity contribution in [3.05, 3.63) is 11.6 Å². The summed E-state index contributed by atoms with van der Waals surface area (Å²) in [5.74, 6) is 1.95. The van der Waals surface area contributed by atoms with Gasteiger partial charge in [-0.2, -0.15) is 0 Å². The van der Waals surface area contributed by atoms with Crippen LogP contribution in [0.4, 0.5) is 0 Å². The van der Waals surface area contributed by atoms with E-state index in [0.717, 1.165) is 30.8 Å². The monoisotopic (exact) mass is 209 g/mol. The van der Waals surface area contributed by atoms with Crippen LogP contribution in [0.5, 0.6) is 0 Å². The fourth-order valence-electron chi connectivity index (χ4n) is 1.58. The van der Waals surface area contributed by atoms with Gasteiger partial charge in [0.2, 0.25) is 0 Å². The molecule has 0 radical (unpaired) electrons. The van der Waals surface area contributed by atoms with Crippen molar-refractivity contribution in [3.8, 4) is 0 Å². The molecular weight excluding hydrogens is 190 g/mol. The van der Waals surface area contributed by atoms with E-state index in [9.17, 15) is 4.79 Å². The number of rotatable bonds is 4. The Morgan fingerprint density at radius 1 is 1.33 bits per heavy atom. The van der Waals surface area contributed by atoms with E-state index in [1.165, 1.54) is 0 Å². The van der Waals surface area contributed by atoms with Crippen molar-refractivity contribution < 1.29 is 4.79 Å². The molecule has 0 aliphatic heterocycles. The van der Waals surface area contributed by atoms with Gasteiger partial charge in [0, 0.05) is 25.3 Å². The second kappa shape index (κ2) is 4.55. The van der Waals surface area contributed by atoms with Crippen molar-refractivity contribution in [3.63, 3.8) is 0 Å². The number of unbranched alkanes of at least 4 members (excludes halogenated alkanes) is 1. The Kier molecular flexibility index (Phi) is 3.61. The third-order valence-electron chi connectivity index (χ3n) is 2.36. The quantitative estimate of drug-likeness (QED) is 0.559. The predicted molar refractivity (Wildman–Crippen MR) is 58.7 cm³/mol. The summed E-state index contributed by atoms with van der Waals surface area (Å²) in [6.45, 7) is 6.35. The first-order chi connectivity index (χ1) is 6.96. The average Bonchev–Trinajstić information content (AvgIpc) is 2.47. The number of carbonyl (C=O) groups excluding carboxylic acids is 1. The molecule has 0 N–H and O–H groups in total. The highest BCUT2D eigenvalue weighted by molar-refractivity contribution is 5.49. The normalized spacial score (nSPS) is 11.7. The molecule has 0 aromatic carbocycles. The lowest BCUT2D eigenvalue weighted by Gasteiger charge is -2.17. The zero-order valence-corrected chi connectivity index (χ0v) is 9.95. The van der Waals surface area contributed by atoms with Gasteiger partial charge in [-0.1, -0.05) is 20.8 Å². The standard InChI is InChI=1S/C11H19N3O/c1-11(2,3)10-13-12-9(14(10)4)7-5-6-8-15/h8H,5-7H2,1-4H3. The molecule has 0 unspecified atom stereocenters. The van der Waals surface area contributed by atoms with E-state index in [-0.39, 0.29) is 5.41 Å². The zero-order valence-electron chi connectivity index (χ0n) is 9.95. The number of hydrogen-bond donors (Lipinski definition) is 0. The molecule has 0 fully saturated rings. The van der Waals surface area contributed by atoms with Crippen LogP contribution in [0.25, 0.3) is 0 Å². The summed E-state index contributed by atoms with van der Waals surface area (Å²) in [5.41, 5.74) is 0.0185. The number of hydrogen-bond acceptors (Lipinski definition) is 3. The van der Waals surface area contributed by atoms with E-state index in [1.807, 2.05) is 11.6 Å². The lowest BCUT2D eigenvalue weighted by atomic mass is 9.96. The molecule has 4 nitrogen and oxygen atoms in total. The van der Waals surface area contributed by atoms with E-state index in [2.05, 4.69) is 31.0 Å². The van der Waals surface area contributed by atoms with E-state index in [0.29, 0.717) is 6.42 Å². The maximum absolute atomic E-state index is 10.2. The number of nitrogens with zero attached hydrogens (tertiary/aromatic N) is 3. The third kappa shape index (κ3) is 2.88. The van der Waals surface area contributed by atoms with E-state index in [1.54, 1.807) is 0 Å². The van der Waals surface area contributed by atoms with Gasteiger partial charge in [-0.05, 0) is 6.42 Å². The van der Waals surface area contributed by atoms with Gasteiger partial charge in [-0.3, -0.25) is 0 Å². The molecule has 0 saturated heterocycles. The Morgan fingerprint density at radius 3 is 2.47 bits per heavy atom. The molecule has 1 rings (SSSR count). The highest BCUT2D eigenvalue weighted by Gasteiger charge is 2.21. The van der Waals surface area contributed by atoms with Crippen LogP contribution < -0.4 is 0 Å². The summed E-state index contributed by atoms with van der Waals surface area (Å²) in [6, 6.07) is 0. The van der Waals surface area contributed by atoms with Crippen molar-refractivity contribution in [2.24, 2.45) is 7.05 Å². The Bertz CT molecular complexity index is 336. The Labute approximate surface area is 90.7 Å². The molecule has 4 heteroatoms. The lowest BCUT2D eigenvalue weighted by Crippen LogP contribution is -2.18. The number of carbonyl (C=O) groups is 1. The summed E-state index contributed by atoms with van der Waals surface area (Å²) in [6.07, 6.45) is 3.21. The van der Waals surface area contributed by atoms with Crippen LogP contribution >= 0.6 is 0 Å². The number of aryl methyl sites for hydroxylation is 1. The van der Waals surface area contributed by atoms with Gasteiger partial charge in [0.1, 0.15) is 17.9 Å². The van der Waals surface area contributed by atoms with Crippen LogP contribution in [0, 0.1) is 0 Å². The molecule has 84 valence electrons. The molecule has 0 saturated carbocycles. The molecule has 0 atom stereocenters. The molecule has 0 amide bonds. The van der Waals surface area contributed by atoms with Gasteiger partial charge in [0.25, 0.3) is 0 Å². The van der Waals surface area contributed by atoms with Crippen molar-refractivity contribution in [2.45, 2.75) is 45.4 Å². The Hall–Kier alpha value is -1.19. The average molecular weight is 209 g/mol. The molecule has 0 spiro atoms. The summed E-state index contributed by atoms with van der Waals surface area (Å²) in [4.78, 5) is 10.2. The molecule has 1 aromatic rings. The summed E-state index contributed by atoms with van der Waals surface area (Å²) in [7, 11) is 1.98. The highest BCUT2D eigenvalue weighted by atomic mass is 16.1. The minimum Gasteiger partial charge on any atom is -0.318 e. The molecule has 15 heavy (non-hydrogen) atoms. The van der Waals surface area contributed by atoms with Gasteiger partial charge in [0.15, 0.2) is 0 Å². The predicted octanol–water partition coefficient (Wildman–Crippen LogP) is 1.63. The van der Waals surface area contributed by atoms with Crippen LogP contribution in [0.1, 0.15) is 45.3 Å². The fraction of sp³-hybridized carbons (Fsp3) is 0.727. The van der Waals surface area contributed by atoms with Crippen molar-refractivity contribution in [1.82, 2.24) is 14.8 Å². The minimum absolute atomic E-state index is 0.0185. The largest absolute Gasteiger partial charge is 0.318 e. The maximum atomic E-state index is 10.2. The maximum Gasteiger partial charge on any atom is 0.138 e. The van der Waals surface area contributed by atoms with Crippen molar-refractivity contribution in [1.29, 1.82) is 0 Å². The van der Waals surface area contributed by atoms with E-state index >= 15 is 0 Å². The van der Waals surface area contributed by atoms with E-state index in [4.69, 9.17) is 0 Å². The smallest absolute Gasteiger partial charge is 0.138 e. The number of aromatic nitrogens is 3. The highest BCUT2D eigenvalue weighted by Crippen LogP contribution is 2.20. The summed E-state index contributed by atoms with van der Waals surface area (Å²) in [5, 5.41) is 8.34. The molecule has 0 aliphatic carbocycles. The molecule has 1 heterocycles. The first kappa shape index (κ1) is 11.9. The Morgan fingerprint density at radius 2 is 2.00 bits per heavy atom. The van der Waals surface area contributed by atoms with Gasteiger partial charge in [-0.15, -0.1) is 10.2 Å². The van der Waals surface area contributed by atoms with Crippen LogP contribution in [0.3, 0.4) is 0 Å². The minimum atomic E-state index is 0.0185. The van der Waals surface area contributed by atoms with Gasteiger partial charge in [0.05, 0.1) is 0 Å². The summed E-state index contributed by atoms with van der Waals surface area (Å²) < 4.78 is 2.03. The van der Waals surface area contributed by atoms with Crippen molar-refractivity contribution in [2.75, 3.05) is 0 Å². The van der Waals surface area contributed by atoms with Crippen LogP contribution in [-0.2, 0) is 23.7 Å². The third-order valence-corrected chi connectivity index (χ3v) is 2.36. The van der Waals surface area contributed by atoms with E-state index < -0.39 is 0 Å². The molecular formula is C11H19N3O. The first-order valence-electron chi connectivity index (χ1n) is 5.29. The van der Waals surface area contributed by atoms with Crippen LogP contribution in [0.15, 0.2) is 0 Å². The molecule has 1 aromatic heterocycles. The Balaban J connectivity index is 2.76. The second-order valence-electron chi connectivity index (χ2n) is 4.81. The molecule has 0 aliphatic rings.